The molecule has 0 bridgehead atoms. The molecular weight excluding hydrogens is 278 g/mol. The molecule has 4 nitrogen and oxygen atoms in total. The Morgan fingerprint density at radius 1 is 0.550 bits per heavy atom. The summed E-state index contributed by atoms with van der Waals surface area (Å²) in [6.07, 6.45) is 11.3. The Balaban J connectivity index is -0.000000241. The number of carboxylic acids is 2. The van der Waals surface area contributed by atoms with E-state index in [1.807, 2.05) is 0 Å². The summed E-state index contributed by atoms with van der Waals surface area (Å²) in [6.45, 7) is 0. The molecule has 0 atom stereocenters. The van der Waals surface area contributed by atoms with Crippen LogP contribution in [0, 0.1) is 0 Å². The third-order valence-electron chi connectivity index (χ3n) is 3.03. The molecule has 6 heteroatoms. The maximum absolute atomic E-state index is 10.3. The van der Waals surface area contributed by atoms with Crippen molar-refractivity contribution in [2.24, 2.45) is 0 Å². The van der Waals surface area contributed by atoms with Crippen LogP contribution in [0.5, 0.6) is 0 Å². The molecular formula is C14H28Na2O4. The Morgan fingerprint density at radius 2 is 0.750 bits per heavy atom. The minimum absolute atomic E-state index is 0. The number of rotatable bonds is 13. The summed E-state index contributed by atoms with van der Waals surface area (Å²) in [6, 6.07) is 0. The van der Waals surface area contributed by atoms with Crippen LogP contribution < -0.4 is 59.1 Å². The van der Waals surface area contributed by atoms with Crippen molar-refractivity contribution in [1.29, 1.82) is 0 Å². The number of aliphatic carboxylic acids is 2. The Morgan fingerprint density at radius 3 is 0.950 bits per heavy atom. The molecule has 0 aromatic carbocycles. The van der Waals surface area contributed by atoms with E-state index in [1.165, 1.54) is 25.7 Å². The van der Waals surface area contributed by atoms with Crippen LogP contribution in [0.15, 0.2) is 0 Å². The van der Waals surface area contributed by atoms with Gasteiger partial charge in [0.05, 0.1) is 0 Å². The minimum atomic E-state index is -0.698. The van der Waals surface area contributed by atoms with E-state index >= 15 is 0 Å². The summed E-state index contributed by atoms with van der Waals surface area (Å²) in [5.74, 6) is -1.40. The van der Waals surface area contributed by atoms with Crippen molar-refractivity contribution in [2.45, 2.75) is 77.0 Å². The topological polar surface area (TPSA) is 74.6 Å². The number of unbranched alkanes of at least 4 members (excludes halogenated alkanes) is 9. The van der Waals surface area contributed by atoms with Gasteiger partial charge in [-0.15, -0.1) is 0 Å². The molecule has 0 saturated carbocycles. The van der Waals surface area contributed by atoms with Crippen LogP contribution in [0.2, 0.25) is 0 Å². The maximum atomic E-state index is 10.3. The first kappa shape index (κ1) is 25.9. The zero-order valence-electron chi connectivity index (χ0n) is 15.2. The Hall–Kier alpha value is 0.940. The molecule has 0 fully saturated rings. The molecule has 0 aliphatic heterocycles. The van der Waals surface area contributed by atoms with Gasteiger partial charge in [0.25, 0.3) is 0 Å². The molecule has 0 aromatic rings. The van der Waals surface area contributed by atoms with E-state index in [-0.39, 0.29) is 62.0 Å². The van der Waals surface area contributed by atoms with Gasteiger partial charge in [-0.3, -0.25) is 9.59 Å². The SMILES string of the molecule is O=C(O)CCCCCCCCCCCCC(=O)O.[H-].[H-].[Na+].[Na+]. The fraction of sp³-hybridized carbons (Fsp3) is 0.857. The quantitative estimate of drug-likeness (QED) is 0.307. The fourth-order valence-electron chi connectivity index (χ4n) is 1.97. The first-order valence-corrected chi connectivity index (χ1v) is 7.06. The molecule has 0 aromatic heterocycles. The molecule has 0 amide bonds. The maximum Gasteiger partial charge on any atom is 1.00 e. The molecule has 0 saturated heterocycles. The van der Waals surface area contributed by atoms with Gasteiger partial charge >= 0.3 is 71.1 Å². The second-order valence-electron chi connectivity index (χ2n) is 4.82. The van der Waals surface area contributed by atoms with Crippen molar-refractivity contribution in [1.82, 2.24) is 0 Å². The molecule has 0 aliphatic carbocycles. The van der Waals surface area contributed by atoms with Gasteiger partial charge < -0.3 is 13.1 Å². The summed E-state index contributed by atoms with van der Waals surface area (Å²) in [4.78, 5) is 20.5. The second kappa shape index (κ2) is 19.9. The summed E-state index contributed by atoms with van der Waals surface area (Å²) in [5, 5.41) is 16.9. The predicted octanol–water partition coefficient (Wildman–Crippen LogP) is -1.93. The van der Waals surface area contributed by atoms with Crippen LogP contribution in [0.1, 0.15) is 79.9 Å². The average molecular weight is 306 g/mol. The first-order chi connectivity index (χ1) is 8.63. The van der Waals surface area contributed by atoms with Gasteiger partial charge in [-0.2, -0.15) is 0 Å². The van der Waals surface area contributed by atoms with Gasteiger partial charge in [-0.05, 0) is 12.8 Å². The van der Waals surface area contributed by atoms with Crippen LogP contribution in [0.4, 0.5) is 0 Å². The second-order valence-corrected chi connectivity index (χ2v) is 4.82. The number of hydrogen-bond donors (Lipinski definition) is 2. The number of carbonyl (C=O) groups is 2. The Labute approximate surface area is 169 Å². The normalized spacial score (nSPS) is 9.40. The Kier molecular flexibility index (Phi) is 25.8. The molecule has 20 heavy (non-hydrogen) atoms. The summed E-state index contributed by atoms with van der Waals surface area (Å²) >= 11 is 0. The zero-order chi connectivity index (χ0) is 13.6. The largest absolute Gasteiger partial charge is 1.00 e. The monoisotopic (exact) mass is 306 g/mol. The van der Waals surface area contributed by atoms with Gasteiger partial charge in [-0.1, -0.05) is 51.4 Å². The summed E-state index contributed by atoms with van der Waals surface area (Å²) in [7, 11) is 0. The smallest absolute Gasteiger partial charge is 1.00 e. The molecule has 0 aliphatic rings. The van der Waals surface area contributed by atoms with Crippen LogP contribution in [0.25, 0.3) is 0 Å². The molecule has 0 heterocycles. The van der Waals surface area contributed by atoms with Crippen molar-refractivity contribution in [3.05, 3.63) is 0 Å². The van der Waals surface area contributed by atoms with E-state index < -0.39 is 11.9 Å². The van der Waals surface area contributed by atoms with Crippen molar-refractivity contribution >= 4 is 11.9 Å². The van der Waals surface area contributed by atoms with Gasteiger partial charge in [0, 0.05) is 12.8 Å². The third kappa shape index (κ3) is 24.0. The molecule has 2 N–H and O–H groups in total. The van der Waals surface area contributed by atoms with Crippen molar-refractivity contribution in [3.63, 3.8) is 0 Å². The minimum Gasteiger partial charge on any atom is -1.00 e. The first-order valence-electron chi connectivity index (χ1n) is 7.06. The molecule has 110 valence electrons. The standard InChI is InChI=1S/C14H26O4.2Na.2H/c15-13(16)11-9-7-5-3-1-2-4-6-8-10-12-14(17)18;;;;/h1-12H2,(H,15,16)(H,17,18);;;;/q;2*+1;2*-1. The van der Waals surface area contributed by atoms with Crippen LogP contribution in [-0.2, 0) is 9.59 Å². The predicted molar refractivity (Wildman–Crippen MR) is 72.9 cm³/mol. The van der Waals surface area contributed by atoms with Crippen LogP contribution in [0.3, 0.4) is 0 Å². The van der Waals surface area contributed by atoms with Gasteiger partial charge in [0.15, 0.2) is 0 Å². The van der Waals surface area contributed by atoms with E-state index in [9.17, 15) is 9.59 Å². The average Bonchev–Trinajstić information content (AvgIpc) is 2.29. The molecule has 0 rings (SSSR count). The van der Waals surface area contributed by atoms with Crippen molar-refractivity contribution in [2.75, 3.05) is 0 Å². The number of carboxylic acid groups (broad SMARTS) is 2. The van der Waals surface area contributed by atoms with Crippen molar-refractivity contribution < 1.29 is 81.8 Å². The zero-order valence-corrected chi connectivity index (χ0v) is 17.2. The molecule has 0 unspecified atom stereocenters. The van der Waals surface area contributed by atoms with E-state index in [0.717, 1.165) is 38.5 Å². The molecule has 0 spiro atoms. The van der Waals surface area contributed by atoms with E-state index in [0.29, 0.717) is 12.8 Å². The van der Waals surface area contributed by atoms with Gasteiger partial charge in [-0.25, -0.2) is 0 Å². The van der Waals surface area contributed by atoms with E-state index in [4.69, 9.17) is 10.2 Å². The van der Waals surface area contributed by atoms with E-state index in [2.05, 4.69) is 0 Å². The van der Waals surface area contributed by atoms with Crippen LogP contribution in [-0.4, -0.2) is 22.2 Å². The van der Waals surface area contributed by atoms with Gasteiger partial charge in [0.2, 0.25) is 0 Å². The van der Waals surface area contributed by atoms with Crippen molar-refractivity contribution in [3.8, 4) is 0 Å². The summed E-state index contributed by atoms with van der Waals surface area (Å²) in [5.41, 5.74) is 0. The summed E-state index contributed by atoms with van der Waals surface area (Å²) < 4.78 is 0. The van der Waals surface area contributed by atoms with E-state index in [1.54, 1.807) is 0 Å². The van der Waals surface area contributed by atoms with Crippen LogP contribution >= 0.6 is 0 Å². The molecule has 0 radical (unpaired) electrons. The van der Waals surface area contributed by atoms with Gasteiger partial charge in [0.1, 0.15) is 0 Å². The Bertz CT molecular complexity index is 221. The fourth-order valence-corrected chi connectivity index (χ4v) is 1.97. The number of hydrogen-bond acceptors (Lipinski definition) is 2. The third-order valence-corrected chi connectivity index (χ3v) is 3.03.